The van der Waals surface area contributed by atoms with Gasteiger partial charge in [0.15, 0.2) is 5.82 Å². The first-order valence-electron chi connectivity index (χ1n) is 11.9. The zero-order valence-corrected chi connectivity index (χ0v) is 21.5. The predicted molar refractivity (Wildman–Crippen MR) is 142 cm³/mol. The predicted octanol–water partition coefficient (Wildman–Crippen LogP) is 5.69. The van der Waals surface area contributed by atoms with E-state index < -0.39 is 0 Å². The second-order valence-corrected chi connectivity index (χ2v) is 9.53. The molecular formula is C26H33ClN4O2S. The molecule has 1 aromatic carbocycles. The Labute approximate surface area is 211 Å². The summed E-state index contributed by atoms with van der Waals surface area (Å²) in [6, 6.07) is 12.5. The molecule has 0 bridgehead atoms. The fourth-order valence-corrected chi connectivity index (χ4v) is 5.45. The number of imidazole rings is 1. The summed E-state index contributed by atoms with van der Waals surface area (Å²) in [5.74, 6) is 2.74. The van der Waals surface area contributed by atoms with Crippen LogP contribution in [0, 0.1) is 0 Å². The van der Waals surface area contributed by atoms with Gasteiger partial charge >= 0.3 is 0 Å². The third kappa shape index (κ3) is 5.27. The Kier molecular flexibility index (Phi) is 8.19. The number of benzene rings is 1. The van der Waals surface area contributed by atoms with Crippen LogP contribution in [0.5, 0.6) is 11.5 Å². The Hall–Kier alpha value is -2.48. The Morgan fingerprint density at radius 2 is 2.03 bits per heavy atom. The first-order valence-corrected chi connectivity index (χ1v) is 12.8. The van der Waals surface area contributed by atoms with Crippen LogP contribution < -0.4 is 14.8 Å². The first kappa shape index (κ1) is 24.6. The maximum absolute atomic E-state index is 6.24. The summed E-state index contributed by atoms with van der Waals surface area (Å²) in [6.45, 7) is 5.60. The van der Waals surface area contributed by atoms with Gasteiger partial charge in [-0.1, -0.05) is 13.0 Å². The van der Waals surface area contributed by atoms with E-state index in [1.165, 1.54) is 15.9 Å². The highest BCUT2D eigenvalue weighted by atomic mass is 35.5. The first-order chi connectivity index (χ1) is 16.2. The Morgan fingerprint density at radius 1 is 1.15 bits per heavy atom. The molecule has 182 valence electrons. The number of halogens is 1. The summed E-state index contributed by atoms with van der Waals surface area (Å²) in [5.41, 5.74) is 3.61. The molecule has 0 saturated carbocycles. The molecule has 1 aliphatic rings. The van der Waals surface area contributed by atoms with Crippen LogP contribution in [0.25, 0.3) is 21.7 Å². The smallest absolute Gasteiger partial charge is 0.157 e. The number of hydrogen-bond acceptors (Lipinski definition) is 5. The van der Waals surface area contributed by atoms with Gasteiger partial charge in [-0.2, -0.15) is 0 Å². The van der Waals surface area contributed by atoms with Crippen LogP contribution in [-0.2, 0) is 20.0 Å². The van der Waals surface area contributed by atoms with Crippen molar-refractivity contribution in [3.05, 3.63) is 53.7 Å². The molecule has 1 unspecified atom stereocenters. The summed E-state index contributed by atoms with van der Waals surface area (Å²) < 4.78 is 18.2. The quantitative estimate of drug-likeness (QED) is 0.338. The molecule has 0 radical (unpaired) electrons. The van der Waals surface area contributed by atoms with Gasteiger partial charge in [0.2, 0.25) is 0 Å². The topological polar surface area (TPSA) is 53.2 Å². The standard InChI is InChI=1S/C26H32N4O2S.ClH/c1-3-19-18-28-26(24-17-25-23(29(24)2)10-15-33-25)30(19)13-14-31-21-6-4-7-22(16-21)32-20-8-5-11-27-12-9-20;/h4,6-7,10,15-18,20,27H,3,5,8-9,11-14H2,1-2H3;1H. The van der Waals surface area contributed by atoms with E-state index in [0.29, 0.717) is 6.61 Å². The van der Waals surface area contributed by atoms with Crippen LogP contribution in [0.2, 0.25) is 0 Å². The lowest BCUT2D eigenvalue weighted by molar-refractivity contribution is 0.186. The highest BCUT2D eigenvalue weighted by Crippen LogP contribution is 2.30. The normalized spacial score (nSPS) is 16.2. The van der Waals surface area contributed by atoms with Crippen molar-refractivity contribution in [2.45, 2.75) is 45.3 Å². The van der Waals surface area contributed by atoms with Crippen LogP contribution in [-0.4, -0.2) is 39.9 Å². The van der Waals surface area contributed by atoms with Gasteiger partial charge in [0.05, 0.1) is 28.6 Å². The number of aryl methyl sites for hydroxylation is 2. The van der Waals surface area contributed by atoms with E-state index in [-0.39, 0.29) is 18.5 Å². The average molecular weight is 501 g/mol. The fourth-order valence-electron chi connectivity index (χ4n) is 4.60. The van der Waals surface area contributed by atoms with Gasteiger partial charge in [-0.3, -0.25) is 0 Å². The van der Waals surface area contributed by atoms with E-state index in [1.807, 2.05) is 30.5 Å². The van der Waals surface area contributed by atoms with Crippen molar-refractivity contribution in [3.63, 3.8) is 0 Å². The Balaban J connectivity index is 0.00000274. The van der Waals surface area contributed by atoms with Crippen LogP contribution >= 0.6 is 23.7 Å². The van der Waals surface area contributed by atoms with E-state index in [9.17, 15) is 0 Å². The van der Waals surface area contributed by atoms with E-state index in [2.05, 4.69) is 45.9 Å². The van der Waals surface area contributed by atoms with Crippen LogP contribution in [0.15, 0.2) is 48.0 Å². The number of aromatic nitrogens is 3. The number of nitrogens with one attached hydrogen (secondary N) is 1. The molecule has 1 atom stereocenters. The fraction of sp³-hybridized carbons (Fsp3) is 0.423. The van der Waals surface area contributed by atoms with Crippen molar-refractivity contribution in [2.24, 2.45) is 7.05 Å². The molecule has 3 aromatic heterocycles. The van der Waals surface area contributed by atoms with Gasteiger partial charge in [0.25, 0.3) is 0 Å². The van der Waals surface area contributed by atoms with Gasteiger partial charge in [-0.15, -0.1) is 23.7 Å². The zero-order chi connectivity index (χ0) is 22.6. The number of thiophene rings is 1. The SMILES string of the molecule is CCc1cnc(-c2cc3sccc3n2C)n1CCOc1cccc(OC2CCCNCC2)c1.Cl. The Bertz CT molecular complexity index is 1210. The molecule has 0 amide bonds. The molecule has 6 nitrogen and oxygen atoms in total. The van der Waals surface area contributed by atoms with Crippen LogP contribution in [0.1, 0.15) is 31.9 Å². The van der Waals surface area contributed by atoms with Gasteiger partial charge in [-0.05, 0) is 68.4 Å². The maximum Gasteiger partial charge on any atom is 0.157 e. The van der Waals surface area contributed by atoms with Crippen molar-refractivity contribution in [3.8, 4) is 23.0 Å². The van der Waals surface area contributed by atoms with E-state index in [4.69, 9.17) is 14.5 Å². The highest BCUT2D eigenvalue weighted by molar-refractivity contribution is 7.17. The van der Waals surface area contributed by atoms with E-state index in [0.717, 1.165) is 68.3 Å². The van der Waals surface area contributed by atoms with Crippen LogP contribution in [0.4, 0.5) is 0 Å². The van der Waals surface area contributed by atoms with Crippen LogP contribution in [0.3, 0.4) is 0 Å². The zero-order valence-electron chi connectivity index (χ0n) is 19.8. The third-order valence-corrected chi connectivity index (χ3v) is 7.26. The molecule has 1 fully saturated rings. The maximum atomic E-state index is 6.24. The van der Waals surface area contributed by atoms with Crippen molar-refractivity contribution in [1.82, 2.24) is 19.4 Å². The summed E-state index contributed by atoms with van der Waals surface area (Å²) in [4.78, 5) is 4.77. The van der Waals surface area contributed by atoms with Gasteiger partial charge in [0, 0.05) is 25.0 Å². The molecule has 0 aliphatic carbocycles. The third-order valence-electron chi connectivity index (χ3n) is 6.41. The summed E-state index contributed by atoms with van der Waals surface area (Å²) in [7, 11) is 2.11. The molecule has 0 spiro atoms. The van der Waals surface area contributed by atoms with Crippen molar-refractivity contribution in [2.75, 3.05) is 19.7 Å². The second-order valence-electron chi connectivity index (χ2n) is 8.58. The van der Waals surface area contributed by atoms with E-state index >= 15 is 0 Å². The largest absolute Gasteiger partial charge is 0.492 e. The van der Waals surface area contributed by atoms with Gasteiger partial charge < -0.3 is 23.9 Å². The molecule has 4 heterocycles. The molecule has 8 heteroatoms. The summed E-state index contributed by atoms with van der Waals surface area (Å²) in [6.07, 6.45) is 6.50. The number of nitrogens with zero attached hydrogens (tertiary/aromatic N) is 3. The minimum Gasteiger partial charge on any atom is -0.492 e. The van der Waals surface area contributed by atoms with Gasteiger partial charge in [0.1, 0.15) is 18.1 Å². The Morgan fingerprint density at radius 3 is 2.88 bits per heavy atom. The van der Waals surface area contributed by atoms with Gasteiger partial charge in [-0.25, -0.2) is 4.98 Å². The number of ether oxygens (including phenoxy) is 2. The minimum absolute atomic E-state index is 0. The van der Waals surface area contributed by atoms with E-state index in [1.54, 1.807) is 11.3 Å². The average Bonchev–Trinajstić information content (AvgIpc) is 3.46. The second kappa shape index (κ2) is 11.3. The monoisotopic (exact) mass is 500 g/mol. The molecule has 34 heavy (non-hydrogen) atoms. The summed E-state index contributed by atoms with van der Waals surface area (Å²) >= 11 is 1.77. The molecular weight excluding hydrogens is 468 g/mol. The summed E-state index contributed by atoms with van der Waals surface area (Å²) in [5, 5.41) is 5.57. The van der Waals surface area contributed by atoms with Crippen molar-refractivity contribution < 1.29 is 9.47 Å². The molecule has 4 aromatic rings. The molecule has 5 rings (SSSR count). The number of hydrogen-bond donors (Lipinski definition) is 1. The molecule has 1 N–H and O–H groups in total. The number of rotatable bonds is 8. The van der Waals surface area contributed by atoms with Crippen molar-refractivity contribution in [1.29, 1.82) is 0 Å². The molecule has 1 aliphatic heterocycles. The lowest BCUT2D eigenvalue weighted by Crippen LogP contribution is -2.19. The minimum atomic E-state index is 0. The highest BCUT2D eigenvalue weighted by Gasteiger charge is 2.17. The number of fused-ring (bicyclic) bond motifs is 1. The van der Waals surface area contributed by atoms with Crippen molar-refractivity contribution >= 4 is 34.0 Å². The lowest BCUT2D eigenvalue weighted by Gasteiger charge is -2.17. The molecule has 1 saturated heterocycles. The lowest BCUT2D eigenvalue weighted by atomic mass is 10.1.